The fourth-order valence-electron chi connectivity index (χ4n) is 1.32. The van der Waals surface area contributed by atoms with Crippen LogP contribution in [-0.4, -0.2) is 0 Å². The third-order valence-electron chi connectivity index (χ3n) is 2.03. The zero-order valence-corrected chi connectivity index (χ0v) is 10.9. The first-order valence-electron chi connectivity index (χ1n) is 3.93. The average Bonchev–Trinajstić information content (AvgIpc) is 2.23. The quantitative estimate of drug-likeness (QED) is 0.407. The van der Waals surface area contributed by atoms with Crippen LogP contribution >= 0.6 is 58.0 Å². The molecule has 0 N–H and O–H groups in total. The lowest BCUT2D eigenvalue weighted by atomic mass is 10.1. The van der Waals surface area contributed by atoms with Crippen LogP contribution in [0.5, 0.6) is 0 Å². The molecule has 0 aliphatic carbocycles. The molecule has 0 aliphatic rings. The second-order valence-electron chi connectivity index (χ2n) is 2.95. The van der Waals surface area contributed by atoms with Crippen molar-refractivity contribution in [1.82, 2.24) is 0 Å². The Morgan fingerprint density at radius 2 is 1.13 bits per heavy atom. The van der Waals surface area contributed by atoms with Gasteiger partial charge in [-0.2, -0.15) is 0 Å². The molecule has 0 heterocycles. The summed E-state index contributed by atoms with van der Waals surface area (Å²) >= 11 is 29.8. The van der Waals surface area contributed by atoms with Gasteiger partial charge in [-0.15, -0.1) is 0 Å². The number of hydrogen-bond donors (Lipinski definition) is 0. The summed E-state index contributed by atoms with van der Waals surface area (Å²) in [7, 11) is 0. The summed E-state index contributed by atoms with van der Waals surface area (Å²) in [6, 6.07) is 5.18. The summed E-state index contributed by atoms with van der Waals surface area (Å²) in [6.45, 7) is 0. The third kappa shape index (κ3) is 1.90. The largest absolute Gasteiger partial charge is 0.0843 e. The summed E-state index contributed by atoms with van der Waals surface area (Å²) in [5, 5.41) is 3.26. The Morgan fingerprint density at radius 1 is 0.600 bits per heavy atom. The molecule has 0 fully saturated rings. The fraction of sp³-hybridized carbons (Fsp3) is 0. The summed E-state index contributed by atoms with van der Waals surface area (Å²) in [5.41, 5.74) is 0. The molecule has 2 aromatic carbocycles. The number of rotatable bonds is 0. The highest BCUT2D eigenvalue weighted by molar-refractivity contribution is 6.55. The van der Waals surface area contributed by atoms with E-state index in [9.17, 15) is 0 Å². The van der Waals surface area contributed by atoms with Gasteiger partial charge in [0.1, 0.15) is 0 Å². The van der Waals surface area contributed by atoms with Crippen LogP contribution in [0.3, 0.4) is 0 Å². The zero-order valence-electron chi connectivity index (χ0n) is 7.12. The van der Waals surface area contributed by atoms with Gasteiger partial charge in [-0.05, 0) is 12.1 Å². The van der Waals surface area contributed by atoms with E-state index in [4.69, 9.17) is 58.0 Å². The van der Waals surface area contributed by atoms with Crippen molar-refractivity contribution in [2.24, 2.45) is 0 Å². The Labute approximate surface area is 112 Å². The molecule has 0 unspecified atom stereocenters. The standard InChI is InChI=1S/C10H3Cl5/c11-4-1-2-5-6(3-4)8(13)10(15)9(14)7(5)12/h1-3H. The van der Waals surface area contributed by atoms with Gasteiger partial charge in [-0.1, -0.05) is 64.1 Å². The highest BCUT2D eigenvalue weighted by Gasteiger charge is 2.14. The van der Waals surface area contributed by atoms with Gasteiger partial charge in [-0.25, -0.2) is 0 Å². The van der Waals surface area contributed by atoms with Gasteiger partial charge < -0.3 is 0 Å². The Morgan fingerprint density at radius 3 is 1.73 bits per heavy atom. The highest BCUT2D eigenvalue weighted by atomic mass is 35.5. The minimum Gasteiger partial charge on any atom is -0.0843 e. The predicted molar refractivity (Wildman–Crippen MR) is 69.0 cm³/mol. The van der Waals surface area contributed by atoms with Crippen LogP contribution in [0.25, 0.3) is 10.8 Å². The van der Waals surface area contributed by atoms with E-state index >= 15 is 0 Å². The Bertz CT molecular complexity index is 547. The van der Waals surface area contributed by atoms with E-state index in [0.29, 0.717) is 20.5 Å². The van der Waals surface area contributed by atoms with Crippen molar-refractivity contribution >= 4 is 68.8 Å². The Hall–Kier alpha value is 0.150. The molecule has 0 atom stereocenters. The lowest BCUT2D eigenvalue weighted by Crippen LogP contribution is -1.81. The topological polar surface area (TPSA) is 0 Å². The van der Waals surface area contributed by atoms with Gasteiger partial charge >= 0.3 is 0 Å². The van der Waals surface area contributed by atoms with Crippen molar-refractivity contribution in [1.29, 1.82) is 0 Å². The Kier molecular flexibility index (Phi) is 3.25. The summed E-state index contributed by atoms with van der Waals surface area (Å²) in [5.74, 6) is 0. The minimum absolute atomic E-state index is 0.248. The van der Waals surface area contributed by atoms with Crippen LogP contribution < -0.4 is 0 Å². The van der Waals surface area contributed by atoms with E-state index in [1.54, 1.807) is 18.2 Å². The summed E-state index contributed by atoms with van der Waals surface area (Å²) in [6.07, 6.45) is 0. The van der Waals surface area contributed by atoms with E-state index in [-0.39, 0.29) is 10.0 Å². The van der Waals surface area contributed by atoms with Crippen molar-refractivity contribution < 1.29 is 0 Å². The molecule has 0 nitrogen and oxygen atoms in total. The molecule has 0 bridgehead atoms. The maximum absolute atomic E-state index is 6.04. The van der Waals surface area contributed by atoms with Crippen LogP contribution in [0.1, 0.15) is 0 Å². The van der Waals surface area contributed by atoms with Crippen molar-refractivity contribution in [3.8, 4) is 0 Å². The van der Waals surface area contributed by atoms with Gasteiger partial charge in [-0.3, -0.25) is 0 Å². The smallest absolute Gasteiger partial charge is 0.0800 e. The van der Waals surface area contributed by atoms with Crippen molar-refractivity contribution in [3.63, 3.8) is 0 Å². The molecule has 0 aromatic heterocycles. The molecule has 15 heavy (non-hydrogen) atoms. The number of halogens is 5. The van der Waals surface area contributed by atoms with Crippen LogP contribution in [0.15, 0.2) is 18.2 Å². The van der Waals surface area contributed by atoms with Crippen molar-refractivity contribution in [2.75, 3.05) is 0 Å². The molecule has 0 saturated heterocycles. The second-order valence-corrected chi connectivity index (χ2v) is 4.89. The van der Waals surface area contributed by atoms with Crippen LogP contribution in [0, 0.1) is 0 Å². The molecule has 2 aromatic rings. The molecule has 78 valence electrons. The normalized spacial score (nSPS) is 11.0. The lowest BCUT2D eigenvalue weighted by molar-refractivity contribution is 1.74. The summed E-state index contributed by atoms with van der Waals surface area (Å²) < 4.78 is 0. The zero-order chi connectivity index (χ0) is 11.2. The molecule has 0 aliphatic heterocycles. The molecular weight excluding hydrogens is 297 g/mol. The van der Waals surface area contributed by atoms with Crippen molar-refractivity contribution in [2.45, 2.75) is 0 Å². The number of benzene rings is 2. The molecule has 0 spiro atoms. The van der Waals surface area contributed by atoms with E-state index in [1.165, 1.54) is 0 Å². The van der Waals surface area contributed by atoms with Gasteiger partial charge in [0, 0.05) is 15.8 Å². The molecule has 2 rings (SSSR count). The molecule has 5 heteroatoms. The van der Waals surface area contributed by atoms with Gasteiger partial charge in [0.05, 0.1) is 20.1 Å². The van der Waals surface area contributed by atoms with Crippen LogP contribution in [0.4, 0.5) is 0 Å². The van der Waals surface area contributed by atoms with Crippen molar-refractivity contribution in [3.05, 3.63) is 43.3 Å². The minimum atomic E-state index is 0.248. The maximum atomic E-state index is 6.04. The third-order valence-corrected chi connectivity index (χ3v) is 4.10. The van der Waals surface area contributed by atoms with Gasteiger partial charge in [0.15, 0.2) is 0 Å². The van der Waals surface area contributed by atoms with E-state index in [0.717, 1.165) is 5.39 Å². The predicted octanol–water partition coefficient (Wildman–Crippen LogP) is 6.11. The first kappa shape index (κ1) is 11.6. The average molecular weight is 300 g/mol. The van der Waals surface area contributed by atoms with Gasteiger partial charge in [0.25, 0.3) is 0 Å². The molecular formula is C10H3Cl5. The highest BCUT2D eigenvalue weighted by Crippen LogP contribution is 2.43. The lowest BCUT2D eigenvalue weighted by Gasteiger charge is -2.08. The second kappa shape index (κ2) is 4.20. The fourth-order valence-corrected chi connectivity index (χ4v) is 2.49. The first-order valence-corrected chi connectivity index (χ1v) is 5.82. The summed E-state index contributed by atoms with van der Waals surface area (Å²) in [4.78, 5) is 0. The van der Waals surface area contributed by atoms with E-state index in [1.807, 2.05) is 0 Å². The maximum Gasteiger partial charge on any atom is 0.0800 e. The van der Waals surface area contributed by atoms with E-state index < -0.39 is 0 Å². The van der Waals surface area contributed by atoms with Crippen LogP contribution in [-0.2, 0) is 0 Å². The molecule has 0 saturated carbocycles. The molecule has 0 amide bonds. The number of hydrogen-bond acceptors (Lipinski definition) is 0. The Balaban J connectivity index is 3.00. The van der Waals surface area contributed by atoms with E-state index in [2.05, 4.69) is 0 Å². The van der Waals surface area contributed by atoms with Gasteiger partial charge in [0.2, 0.25) is 0 Å². The monoisotopic (exact) mass is 298 g/mol. The number of fused-ring (bicyclic) bond motifs is 1. The SMILES string of the molecule is Clc1ccc2c(Cl)c(Cl)c(Cl)c(Cl)c2c1. The first-order chi connectivity index (χ1) is 7.02. The van der Waals surface area contributed by atoms with Crippen LogP contribution in [0.2, 0.25) is 25.1 Å². The molecule has 0 radical (unpaired) electrons.